The molecule has 0 unspecified atom stereocenters. The highest BCUT2D eigenvalue weighted by Crippen LogP contribution is 2.01. The van der Waals surface area contributed by atoms with Gasteiger partial charge in [-0.15, -0.1) is 25.2 Å². The van der Waals surface area contributed by atoms with Gasteiger partial charge in [0.2, 0.25) is 12.4 Å². The van der Waals surface area contributed by atoms with Crippen LogP contribution in [0.2, 0.25) is 0 Å². The van der Waals surface area contributed by atoms with Crippen molar-refractivity contribution in [3.8, 4) is 12.4 Å². The summed E-state index contributed by atoms with van der Waals surface area (Å²) in [6, 6.07) is 0. The van der Waals surface area contributed by atoms with Crippen molar-refractivity contribution < 1.29 is 34.4 Å². The lowest BCUT2D eigenvalue weighted by Gasteiger charge is -2.14. The van der Waals surface area contributed by atoms with E-state index in [1.165, 1.54) is 0 Å². The molecule has 15 nitrogen and oxygen atoms in total. The van der Waals surface area contributed by atoms with Gasteiger partial charge >= 0.3 is 22.4 Å². The molecule has 0 aromatic rings. The van der Waals surface area contributed by atoms with Gasteiger partial charge in [-0.05, 0) is 0 Å². The van der Waals surface area contributed by atoms with Crippen molar-refractivity contribution in [1.29, 1.82) is 10.5 Å². The van der Waals surface area contributed by atoms with Crippen molar-refractivity contribution in [2.24, 2.45) is 0 Å². The van der Waals surface area contributed by atoms with Crippen LogP contribution in [0.5, 0.6) is 0 Å². The number of amides is 2. The van der Waals surface area contributed by atoms with Crippen molar-refractivity contribution >= 4 is 12.2 Å². The lowest BCUT2D eigenvalue weighted by Crippen LogP contribution is -2.39. The van der Waals surface area contributed by atoms with Gasteiger partial charge in [-0.3, -0.25) is 0 Å². The molecule has 0 atom stereocenters. The minimum absolute atomic E-state index is 0.618. The first-order chi connectivity index (χ1) is 8.81. The zero-order valence-corrected chi connectivity index (χ0v) is 8.36. The molecule has 0 radical (unpaired) electrons. The van der Waals surface area contributed by atoms with Crippen LogP contribution in [0.25, 0.3) is 0 Å². The van der Waals surface area contributed by atoms with Crippen LogP contribution in [0.15, 0.2) is 0 Å². The minimum atomic E-state index is -2.03. The predicted octanol–water partition coefficient (Wildman–Crippen LogP) is -0.944. The van der Waals surface area contributed by atoms with Gasteiger partial charge < -0.3 is 0 Å². The monoisotopic (exact) mass is 276 g/mol. The summed E-state index contributed by atoms with van der Waals surface area (Å²) in [5.41, 5.74) is 0. The summed E-state index contributed by atoms with van der Waals surface area (Å²) < 4.78 is 0. The molecule has 0 fully saturated rings. The SMILES string of the molecule is N#CN(ON(C#N)C(=O)O[N+](=O)[O-])C(=O)O[N+](=O)[O-]. The number of rotatable bonds is 4. The van der Waals surface area contributed by atoms with E-state index in [0.717, 1.165) is 12.4 Å². The van der Waals surface area contributed by atoms with Crippen molar-refractivity contribution in [2.45, 2.75) is 0 Å². The molecule has 0 aromatic carbocycles. The molecule has 0 spiro atoms. The third kappa shape index (κ3) is 5.24. The van der Waals surface area contributed by atoms with Crippen LogP contribution in [-0.4, -0.2) is 32.5 Å². The fourth-order valence-electron chi connectivity index (χ4n) is 0.468. The van der Waals surface area contributed by atoms with Crippen molar-refractivity contribution in [2.75, 3.05) is 0 Å². The summed E-state index contributed by atoms with van der Waals surface area (Å²) in [5, 5.41) is 31.7. The van der Waals surface area contributed by atoms with Gasteiger partial charge in [-0.1, -0.05) is 10.1 Å². The van der Waals surface area contributed by atoms with Crippen LogP contribution in [0.4, 0.5) is 9.59 Å². The molecule has 0 saturated carbocycles. The Morgan fingerprint density at radius 2 is 1.26 bits per heavy atom. The first-order valence-electron chi connectivity index (χ1n) is 3.62. The maximum absolute atomic E-state index is 10.8. The molecular weight excluding hydrogens is 276 g/mol. The molecule has 0 N–H and O–H groups in total. The number of hydroxylamine groups is 4. The summed E-state index contributed by atoms with van der Waals surface area (Å²) >= 11 is 0. The smallest absolute Gasteiger partial charge is 0.238 e. The number of hydrogen-bond acceptors (Lipinski definition) is 11. The van der Waals surface area contributed by atoms with Gasteiger partial charge in [0.15, 0.2) is 0 Å². The molecule has 0 aliphatic rings. The number of carbonyl (C=O) groups is 2. The summed E-state index contributed by atoms with van der Waals surface area (Å²) in [5.74, 6) is 0. The molecule has 0 heterocycles. The normalized spacial score (nSPS) is 8.32. The van der Waals surface area contributed by atoms with Gasteiger partial charge in [0, 0.05) is 0 Å². The molecular formula is C4N6O9. The minimum Gasteiger partial charge on any atom is -0.238 e. The largest absolute Gasteiger partial charge is 0.438 e. The van der Waals surface area contributed by atoms with E-state index in [-0.39, 0.29) is 0 Å². The zero-order chi connectivity index (χ0) is 15.0. The van der Waals surface area contributed by atoms with E-state index in [4.69, 9.17) is 10.5 Å². The molecule has 0 bridgehead atoms. The maximum Gasteiger partial charge on any atom is 0.438 e. The molecule has 15 heteroatoms. The third-order valence-corrected chi connectivity index (χ3v) is 0.982. The molecule has 0 aliphatic heterocycles. The van der Waals surface area contributed by atoms with E-state index in [2.05, 4.69) is 14.6 Å². The fraction of sp³-hybridized carbons (Fsp3) is 0. The molecule has 0 saturated heterocycles. The van der Waals surface area contributed by atoms with Crippen molar-refractivity contribution in [1.82, 2.24) is 10.1 Å². The number of carbonyl (C=O) groups excluding carboxylic acids is 2. The van der Waals surface area contributed by atoms with E-state index in [1.807, 2.05) is 0 Å². The summed E-state index contributed by atoms with van der Waals surface area (Å²) in [7, 11) is 0. The summed E-state index contributed by atoms with van der Waals surface area (Å²) in [4.78, 5) is 51.5. The van der Waals surface area contributed by atoms with Crippen LogP contribution in [-0.2, 0) is 14.6 Å². The predicted molar refractivity (Wildman–Crippen MR) is 42.9 cm³/mol. The highest BCUT2D eigenvalue weighted by Gasteiger charge is 2.27. The van der Waals surface area contributed by atoms with Crippen LogP contribution in [0.3, 0.4) is 0 Å². The number of nitrogens with zero attached hydrogens (tertiary/aromatic N) is 6. The molecule has 100 valence electrons. The molecule has 0 rings (SSSR count). The van der Waals surface area contributed by atoms with E-state index in [0.29, 0.717) is 0 Å². The second-order valence-corrected chi connectivity index (χ2v) is 2.03. The number of nitriles is 2. The Morgan fingerprint density at radius 3 is 1.47 bits per heavy atom. The Labute approximate surface area is 101 Å². The Hall–Kier alpha value is -3.72. The average Bonchev–Trinajstić information content (AvgIpc) is 2.28. The molecule has 0 aromatic heterocycles. The van der Waals surface area contributed by atoms with Gasteiger partial charge in [0.1, 0.15) is 0 Å². The van der Waals surface area contributed by atoms with E-state index in [1.54, 1.807) is 0 Å². The number of hydrogen-bond donors (Lipinski definition) is 0. The Bertz CT molecular complexity index is 444. The summed E-state index contributed by atoms with van der Waals surface area (Å²) in [6.07, 6.45) is -2.37. The Kier molecular flexibility index (Phi) is 5.45. The Morgan fingerprint density at radius 1 is 0.947 bits per heavy atom. The van der Waals surface area contributed by atoms with Crippen LogP contribution < -0.4 is 0 Å². The van der Waals surface area contributed by atoms with Crippen molar-refractivity contribution in [3.05, 3.63) is 20.2 Å². The van der Waals surface area contributed by atoms with Gasteiger partial charge in [0.05, 0.1) is 0 Å². The Balaban J connectivity index is 4.76. The first kappa shape index (κ1) is 15.3. The molecule has 19 heavy (non-hydrogen) atoms. The second-order valence-electron chi connectivity index (χ2n) is 2.03. The van der Waals surface area contributed by atoms with Crippen LogP contribution in [0.1, 0.15) is 0 Å². The van der Waals surface area contributed by atoms with E-state index >= 15 is 0 Å². The van der Waals surface area contributed by atoms with Gasteiger partial charge in [-0.2, -0.15) is 10.5 Å². The topological polar surface area (TPSA) is 202 Å². The second kappa shape index (κ2) is 6.78. The quantitative estimate of drug-likeness (QED) is 0.265. The maximum atomic E-state index is 10.8. The van der Waals surface area contributed by atoms with E-state index < -0.39 is 32.5 Å². The first-order valence-corrected chi connectivity index (χ1v) is 3.62. The standard InChI is InChI=1S/C4N6O9/c5-1-7(3(11)17-9(13)14)19-8(2-6)4(12)18-10(15)16. The summed E-state index contributed by atoms with van der Waals surface area (Å²) in [6.45, 7) is 0. The average molecular weight is 276 g/mol. The van der Waals surface area contributed by atoms with Crippen LogP contribution in [0, 0.1) is 43.1 Å². The third-order valence-electron chi connectivity index (χ3n) is 0.982. The highest BCUT2D eigenvalue weighted by atomic mass is 17.0. The van der Waals surface area contributed by atoms with Crippen molar-refractivity contribution in [3.63, 3.8) is 0 Å². The highest BCUT2D eigenvalue weighted by molar-refractivity contribution is 5.69. The van der Waals surface area contributed by atoms with Gasteiger partial charge in [0.25, 0.3) is 0 Å². The molecule has 0 aliphatic carbocycles. The lowest BCUT2D eigenvalue weighted by atomic mass is 11.0. The van der Waals surface area contributed by atoms with Crippen LogP contribution >= 0.6 is 0 Å². The zero-order valence-electron chi connectivity index (χ0n) is 8.36. The van der Waals surface area contributed by atoms with Gasteiger partial charge in [-0.25, -0.2) is 19.3 Å². The lowest BCUT2D eigenvalue weighted by molar-refractivity contribution is -0.732. The fourth-order valence-corrected chi connectivity index (χ4v) is 0.468. The van der Waals surface area contributed by atoms with E-state index in [9.17, 15) is 29.8 Å². The molecule has 2 amide bonds.